The van der Waals surface area contributed by atoms with Gasteiger partial charge in [0.25, 0.3) is 0 Å². The van der Waals surface area contributed by atoms with Gasteiger partial charge in [-0.2, -0.15) is 0 Å². The smallest absolute Gasteiger partial charge is 0.185 e. The van der Waals surface area contributed by atoms with Crippen molar-refractivity contribution in [3.63, 3.8) is 0 Å². The molecule has 1 heterocycles. The van der Waals surface area contributed by atoms with Crippen LogP contribution in [0.15, 0.2) is 21.1 Å². The molecule has 0 fully saturated rings. The van der Waals surface area contributed by atoms with Crippen LogP contribution in [0.25, 0.3) is 11.0 Å². The van der Waals surface area contributed by atoms with Crippen LogP contribution in [0.3, 0.4) is 0 Å². The maximum absolute atomic E-state index is 5.91. The molecule has 2 rings (SSSR count). The highest BCUT2D eigenvalue weighted by Crippen LogP contribution is 2.29. The first-order chi connectivity index (χ1) is 5.68. The van der Waals surface area contributed by atoms with Crippen LogP contribution in [-0.4, -0.2) is 5.16 Å². The number of aromatic nitrogens is 1. The minimum Gasteiger partial charge on any atom is -0.354 e. The number of halogens is 2. The number of benzene rings is 1. The lowest BCUT2D eigenvalue weighted by molar-refractivity contribution is 0.450. The fraction of sp³-hybridized carbons (Fsp3) is 0.125. The first-order valence-electron chi connectivity index (χ1n) is 3.39. The topological polar surface area (TPSA) is 26.0 Å². The minimum absolute atomic E-state index is 0.583. The van der Waals surface area contributed by atoms with Gasteiger partial charge >= 0.3 is 0 Å². The molecule has 0 amide bonds. The largest absolute Gasteiger partial charge is 0.354 e. The molecule has 0 unspecified atom stereocenters. The maximum Gasteiger partial charge on any atom is 0.185 e. The SMILES string of the molecule is Cc1noc2c(Cl)cc(Br)cc12. The van der Waals surface area contributed by atoms with Gasteiger partial charge in [0.15, 0.2) is 5.58 Å². The number of nitrogens with zero attached hydrogens (tertiary/aromatic N) is 1. The summed E-state index contributed by atoms with van der Waals surface area (Å²) in [6.45, 7) is 1.88. The van der Waals surface area contributed by atoms with Gasteiger partial charge in [-0.25, -0.2) is 0 Å². The Morgan fingerprint density at radius 1 is 1.50 bits per heavy atom. The van der Waals surface area contributed by atoms with Crippen LogP contribution in [0.2, 0.25) is 5.02 Å². The lowest BCUT2D eigenvalue weighted by Gasteiger charge is -1.92. The number of hydrogen-bond acceptors (Lipinski definition) is 2. The Morgan fingerprint density at radius 2 is 2.25 bits per heavy atom. The number of hydrogen-bond donors (Lipinski definition) is 0. The van der Waals surface area contributed by atoms with Crippen LogP contribution < -0.4 is 0 Å². The van der Waals surface area contributed by atoms with Crippen molar-refractivity contribution in [2.24, 2.45) is 0 Å². The van der Waals surface area contributed by atoms with Crippen LogP contribution >= 0.6 is 27.5 Å². The molecule has 1 aromatic carbocycles. The summed E-state index contributed by atoms with van der Waals surface area (Å²) >= 11 is 9.26. The van der Waals surface area contributed by atoms with E-state index >= 15 is 0 Å². The molecule has 0 saturated heterocycles. The van der Waals surface area contributed by atoms with Crippen molar-refractivity contribution in [1.82, 2.24) is 5.16 Å². The summed E-state index contributed by atoms with van der Waals surface area (Å²) in [5.74, 6) is 0. The molecule has 0 aliphatic carbocycles. The molecule has 0 spiro atoms. The van der Waals surface area contributed by atoms with Gasteiger partial charge in [0, 0.05) is 9.86 Å². The lowest BCUT2D eigenvalue weighted by Crippen LogP contribution is -1.71. The van der Waals surface area contributed by atoms with E-state index in [4.69, 9.17) is 16.1 Å². The zero-order chi connectivity index (χ0) is 8.72. The van der Waals surface area contributed by atoms with Crippen molar-refractivity contribution in [3.8, 4) is 0 Å². The Kier molecular flexibility index (Phi) is 1.85. The second-order valence-electron chi connectivity index (χ2n) is 2.53. The average molecular weight is 246 g/mol. The fourth-order valence-corrected chi connectivity index (χ4v) is 1.93. The predicted molar refractivity (Wildman–Crippen MR) is 51.5 cm³/mol. The highest BCUT2D eigenvalue weighted by atomic mass is 79.9. The Morgan fingerprint density at radius 3 is 3.00 bits per heavy atom. The van der Waals surface area contributed by atoms with E-state index in [-0.39, 0.29) is 0 Å². The fourth-order valence-electron chi connectivity index (χ4n) is 1.09. The zero-order valence-electron chi connectivity index (χ0n) is 6.27. The summed E-state index contributed by atoms with van der Waals surface area (Å²) < 4.78 is 5.97. The van der Waals surface area contributed by atoms with E-state index < -0.39 is 0 Å². The summed E-state index contributed by atoms with van der Waals surface area (Å²) in [4.78, 5) is 0. The van der Waals surface area contributed by atoms with Gasteiger partial charge in [0.1, 0.15) is 0 Å². The highest BCUT2D eigenvalue weighted by Gasteiger charge is 2.08. The van der Waals surface area contributed by atoms with E-state index in [1.165, 1.54) is 0 Å². The molecule has 0 aliphatic heterocycles. The monoisotopic (exact) mass is 245 g/mol. The third-order valence-electron chi connectivity index (χ3n) is 1.67. The van der Waals surface area contributed by atoms with Crippen molar-refractivity contribution in [2.75, 3.05) is 0 Å². The number of fused-ring (bicyclic) bond motifs is 1. The molecule has 12 heavy (non-hydrogen) atoms. The number of aryl methyl sites for hydroxylation is 1. The van der Waals surface area contributed by atoms with E-state index in [1.54, 1.807) is 6.07 Å². The third-order valence-corrected chi connectivity index (χ3v) is 2.41. The molecule has 0 radical (unpaired) electrons. The summed E-state index contributed by atoms with van der Waals surface area (Å²) in [5, 5.41) is 5.35. The van der Waals surface area contributed by atoms with Crippen molar-refractivity contribution in [3.05, 3.63) is 27.3 Å². The second kappa shape index (κ2) is 2.75. The van der Waals surface area contributed by atoms with Crippen LogP contribution in [0.4, 0.5) is 0 Å². The zero-order valence-corrected chi connectivity index (χ0v) is 8.61. The van der Waals surface area contributed by atoms with E-state index in [2.05, 4.69) is 21.1 Å². The molecule has 0 bridgehead atoms. The highest BCUT2D eigenvalue weighted by molar-refractivity contribution is 9.10. The summed E-state index contributed by atoms with van der Waals surface area (Å²) in [5.41, 5.74) is 1.51. The van der Waals surface area contributed by atoms with Gasteiger partial charge in [-0.1, -0.05) is 32.7 Å². The third kappa shape index (κ3) is 1.13. The molecule has 0 atom stereocenters. The second-order valence-corrected chi connectivity index (χ2v) is 3.86. The first kappa shape index (κ1) is 8.08. The Balaban J connectivity index is 2.92. The van der Waals surface area contributed by atoms with E-state index in [9.17, 15) is 0 Å². The van der Waals surface area contributed by atoms with Gasteiger partial charge < -0.3 is 4.52 Å². The molecule has 62 valence electrons. The molecular weight excluding hydrogens is 241 g/mol. The molecule has 0 aliphatic rings. The molecule has 1 aromatic heterocycles. The number of rotatable bonds is 0. The summed E-state index contributed by atoms with van der Waals surface area (Å²) in [6, 6.07) is 3.72. The van der Waals surface area contributed by atoms with Crippen LogP contribution in [0, 0.1) is 6.92 Å². The van der Waals surface area contributed by atoms with Crippen molar-refractivity contribution >= 4 is 38.5 Å². The molecule has 4 heteroatoms. The average Bonchev–Trinajstić information content (AvgIpc) is 2.33. The quantitative estimate of drug-likeness (QED) is 0.710. The van der Waals surface area contributed by atoms with Gasteiger partial charge in [0.2, 0.25) is 0 Å². The Labute approximate surface area is 82.6 Å². The normalized spacial score (nSPS) is 10.9. The first-order valence-corrected chi connectivity index (χ1v) is 4.56. The summed E-state index contributed by atoms with van der Waals surface area (Å²) in [6.07, 6.45) is 0. The van der Waals surface area contributed by atoms with Crippen LogP contribution in [0.5, 0.6) is 0 Å². The van der Waals surface area contributed by atoms with E-state index in [1.807, 2.05) is 13.0 Å². The van der Waals surface area contributed by atoms with Gasteiger partial charge in [0.05, 0.1) is 10.7 Å². The standard InChI is InChI=1S/C8H5BrClNO/c1-4-6-2-5(9)3-7(10)8(6)12-11-4/h2-3H,1H3. The molecule has 0 N–H and O–H groups in total. The van der Waals surface area contributed by atoms with E-state index in [0.717, 1.165) is 15.6 Å². The van der Waals surface area contributed by atoms with Crippen LogP contribution in [0.1, 0.15) is 5.69 Å². The van der Waals surface area contributed by atoms with Gasteiger partial charge in [-0.3, -0.25) is 0 Å². The van der Waals surface area contributed by atoms with Crippen molar-refractivity contribution in [2.45, 2.75) is 6.92 Å². The Hall–Kier alpha value is -0.540. The molecule has 0 saturated carbocycles. The molecule has 2 nitrogen and oxygen atoms in total. The van der Waals surface area contributed by atoms with Crippen molar-refractivity contribution < 1.29 is 4.52 Å². The van der Waals surface area contributed by atoms with Gasteiger partial charge in [-0.15, -0.1) is 0 Å². The maximum atomic E-state index is 5.91. The predicted octanol–water partition coefficient (Wildman–Crippen LogP) is 3.55. The minimum atomic E-state index is 0.583. The van der Waals surface area contributed by atoms with Gasteiger partial charge in [-0.05, 0) is 19.1 Å². The molecular formula is C8H5BrClNO. The van der Waals surface area contributed by atoms with Crippen molar-refractivity contribution in [1.29, 1.82) is 0 Å². The van der Waals surface area contributed by atoms with E-state index in [0.29, 0.717) is 10.6 Å². The van der Waals surface area contributed by atoms with Crippen LogP contribution in [-0.2, 0) is 0 Å². The molecule has 2 aromatic rings. The Bertz CT molecular complexity index is 438. The lowest BCUT2D eigenvalue weighted by atomic mass is 10.2. The summed E-state index contributed by atoms with van der Waals surface area (Å²) in [7, 11) is 0.